The highest BCUT2D eigenvalue weighted by molar-refractivity contribution is 7.17. The van der Waals surface area contributed by atoms with Crippen LogP contribution in [-0.2, 0) is 4.79 Å². The first-order chi connectivity index (χ1) is 15.8. The molecule has 4 rings (SSSR count). The van der Waals surface area contributed by atoms with Gasteiger partial charge in [-0.05, 0) is 45.0 Å². The zero-order valence-corrected chi connectivity index (χ0v) is 18.9. The minimum absolute atomic E-state index is 0.0000219. The second kappa shape index (κ2) is 9.55. The number of aromatic hydroxyl groups is 1. The second-order valence-corrected chi connectivity index (χ2v) is 8.92. The van der Waals surface area contributed by atoms with Gasteiger partial charge in [-0.15, -0.1) is 0 Å². The number of nitrogens with one attached hydrogen (secondary N) is 2. The summed E-state index contributed by atoms with van der Waals surface area (Å²) in [6, 6.07) is 5.86. The van der Waals surface area contributed by atoms with Gasteiger partial charge in [0.25, 0.3) is 11.8 Å². The zero-order chi connectivity index (χ0) is 23.5. The number of urea groups is 1. The molecule has 33 heavy (non-hydrogen) atoms. The number of hydrazine groups is 1. The Balaban J connectivity index is 1.64. The number of piperidine rings is 1. The molecule has 0 saturated carbocycles. The molecule has 0 spiro atoms. The Morgan fingerprint density at radius 2 is 1.97 bits per heavy atom. The summed E-state index contributed by atoms with van der Waals surface area (Å²) in [5, 5.41) is 15.9. The van der Waals surface area contributed by atoms with Crippen molar-refractivity contribution >= 4 is 40.0 Å². The van der Waals surface area contributed by atoms with Gasteiger partial charge in [0.1, 0.15) is 10.6 Å². The maximum atomic E-state index is 13.4. The van der Waals surface area contributed by atoms with Gasteiger partial charge in [0, 0.05) is 12.1 Å². The quantitative estimate of drug-likeness (QED) is 0.369. The highest BCUT2D eigenvalue weighted by Crippen LogP contribution is 2.31. The predicted octanol–water partition coefficient (Wildman–Crippen LogP) is 1.64. The van der Waals surface area contributed by atoms with Gasteiger partial charge in [-0.2, -0.15) is 10.1 Å². The average molecular weight is 472 g/mol. The topological polar surface area (TPSA) is 153 Å². The molecule has 1 aromatic carbocycles. The molecule has 5 N–H and O–H groups in total. The number of para-hydroxylation sites is 1. The van der Waals surface area contributed by atoms with Crippen molar-refractivity contribution in [2.45, 2.75) is 26.2 Å². The molecule has 0 bridgehead atoms. The van der Waals surface area contributed by atoms with Crippen LogP contribution in [0.1, 0.15) is 40.2 Å². The lowest BCUT2D eigenvalue weighted by Gasteiger charge is -2.28. The Hall–Kier alpha value is -3.51. The van der Waals surface area contributed by atoms with E-state index in [1.54, 1.807) is 25.1 Å². The Morgan fingerprint density at radius 1 is 1.24 bits per heavy atom. The van der Waals surface area contributed by atoms with E-state index in [-0.39, 0.29) is 15.8 Å². The van der Waals surface area contributed by atoms with Crippen molar-refractivity contribution in [3.63, 3.8) is 0 Å². The molecule has 1 saturated heterocycles. The summed E-state index contributed by atoms with van der Waals surface area (Å²) in [5.41, 5.74) is 10.9. The van der Waals surface area contributed by atoms with Crippen LogP contribution in [0, 0.1) is 12.8 Å². The zero-order valence-electron chi connectivity index (χ0n) is 18.1. The number of phenols is 1. The molecular weight excluding hydrogens is 446 g/mol. The van der Waals surface area contributed by atoms with E-state index in [9.17, 15) is 19.5 Å². The Bertz CT molecular complexity index is 1110. The van der Waals surface area contributed by atoms with Gasteiger partial charge in [-0.25, -0.2) is 15.2 Å². The molecule has 3 heterocycles. The minimum atomic E-state index is -0.803. The molecule has 0 radical (unpaired) electrons. The fraction of sp³-hybridized carbons (Fsp3) is 0.381. The van der Waals surface area contributed by atoms with Crippen LogP contribution in [0.25, 0.3) is 0 Å². The van der Waals surface area contributed by atoms with Crippen LogP contribution < -0.4 is 16.6 Å². The number of phenolic OH excluding ortho intramolecular Hbond substituents is 1. The molecular formula is C21H25N7O4S. The van der Waals surface area contributed by atoms with E-state index in [1.807, 2.05) is 0 Å². The van der Waals surface area contributed by atoms with Crippen molar-refractivity contribution < 1.29 is 19.5 Å². The normalized spacial score (nSPS) is 18.8. The van der Waals surface area contributed by atoms with Crippen LogP contribution >= 0.6 is 11.3 Å². The fourth-order valence-electron chi connectivity index (χ4n) is 3.99. The summed E-state index contributed by atoms with van der Waals surface area (Å²) in [6.07, 6.45) is 3.27. The molecule has 0 aliphatic carbocycles. The Labute approximate surface area is 194 Å². The van der Waals surface area contributed by atoms with Crippen LogP contribution in [0.3, 0.4) is 0 Å². The molecule has 174 valence electrons. The number of imide groups is 1. The van der Waals surface area contributed by atoms with Crippen molar-refractivity contribution in [2.24, 2.45) is 16.8 Å². The number of primary amides is 1. The maximum Gasteiger partial charge on any atom is 0.330 e. The van der Waals surface area contributed by atoms with Crippen LogP contribution in [0.2, 0.25) is 0 Å². The van der Waals surface area contributed by atoms with E-state index >= 15 is 0 Å². The molecule has 0 unspecified atom stereocenters. The molecule has 2 aliphatic rings. The van der Waals surface area contributed by atoms with Crippen LogP contribution in [0.15, 0.2) is 29.4 Å². The van der Waals surface area contributed by atoms with Gasteiger partial charge in [0.15, 0.2) is 0 Å². The first-order valence-corrected chi connectivity index (χ1v) is 11.4. The number of hydrazone groups is 1. The van der Waals surface area contributed by atoms with E-state index < -0.39 is 23.8 Å². The lowest BCUT2D eigenvalue weighted by atomic mass is 9.94. The number of thiazole rings is 1. The highest BCUT2D eigenvalue weighted by Gasteiger charge is 2.42. The monoisotopic (exact) mass is 471 g/mol. The third-order valence-corrected chi connectivity index (χ3v) is 6.65. The second-order valence-electron chi connectivity index (χ2n) is 7.92. The SMILES string of the molecule is Cc1nc(NNC(N)=O)sc1C(=O)N1N=C(c2ccccc2O)[C@@H](CN2CCCCC2)C1=O. The van der Waals surface area contributed by atoms with Gasteiger partial charge in [-0.3, -0.25) is 15.0 Å². The first kappa shape index (κ1) is 22.7. The first-order valence-electron chi connectivity index (χ1n) is 10.6. The molecule has 1 fully saturated rings. The number of carbonyl (C=O) groups excluding carboxylic acids is 3. The number of aromatic nitrogens is 1. The highest BCUT2D eigenvalue weighted by atomic mass is 32.1. The largest absolute Gasteiger partial charge is 0.507 e. The summed E-state index contributed by atoms with van der Waals surface area (Å²) in [5.74, 6) is -1.74. The number of rotatable bonds is 6. The number of amides is 4. The van der Waals surface area contributed by atoms with Crippen molar-refractivity contribution in [1.29, 1.82) is 0 Å². The number of aryl methyl sites for hydroxylation is 1. The average Bonchev–Trinajstić information content (AvgIpc) is 3.33. The van der Waals surface area contributed by atoms with Gasteiger partial charge in [0.2, 0.25) is 5.13 Å². The number of hydrogen-bond acceptors (Lipinski definition) is 9. The third kappa shape index (κ3) is 4.81. The minimum Gasteiger partial charge on any atom is -0.507 e. The maximum absolute atomic E-state index is 13.4. The van der Waals surface area contributed by atoms with E-state index in [0.29, 0.717) is 23.5 Å². The number of anilines is 1. The molecule has 2 aromatic rings. The van der Waals surface area contributed by atoms with Gasteiger partial charge >= 0.3 is 6.03 Å². The Kier molecular flexibility index (Phi) is 6.56. The molecule has 11 nitrogen and oxygen atoms in total. The summed E-state index contributed by atoms with van der Waals surface area (Å²) in [6.45, 7) is 3.80. The molecule has 12 heteroatoms. The van der Waals surface area contributed by atoms with E-state index in [4.69, 9.17) is 5.73 Å². The summed E-state index contributed by atoms with van der Waals surface area (Å²) < 4.78 is 0. The van der Waals surface area contributed by atoms with Crippen molar-refractivity contribution in [1.82, 2.24) is 20.3 Å². The van der Waals surface area contributed by atoms with E-state index in [0.717, 1.165) is 48.7 Å². The molecule has 1 aromatic heterocycles. The standard InChI is InChI=1S/C21H25N7O4S/c1-12-17(33-21(23-12)25-24-20(22)32)19(31)28-18(30)14(11-27-9-5-2-6-10-27)16(26-28)13-7-3-4-8-15(13)29/h3-4,7-8,14,29H,2,5-6,9-11H2,1H3,(H,23,25)(H3,22,24,32)/t14-/m1/s1. The Morgan fingerprint density at radius 3 is 2.67 bits per heavy atom. The summed E-state index contributed by atoms with van der Waals surface area (Å²) in [7, 11) is 0. The predicted molar refractivity (Wildman–Crippen MR) is 123 cm³/mol. The van der Waals surface area contributed by atoms with Crippen molar-refractivity contribution in [2.75, 3.05) is 25.1 Å². The number of carbonyl (C=O) groups is 3. The number of hydrogen-bond donors (Lipinski definition) is 4. The smallest absolute Gasteiger partial charge is 0.330 e. The summed E-state index contributed by atoms with van der Waals surface area (Å²) in [4.78, 5) is 44.2. The van der Waals surface area contributed by atoms with Gasteiger partial charge in [0.05, 0.1) is 17.3 Å². The number of nitrogens with two attached hydrogens (primary N) is 1. The lowest BCUT2D eigenvalue weighted by molar-refractivity contribution is -0.129. The van der Waals surface area contributed by atoms with Gasteiger partial charge < -0.3 is 15.7 Å². The van der Waals surface area contributed by atoms with Crippen molar-refractivity contribution in [3.8, 4) is 5.75 Å². The molecule has 4 amide bonds. The lowest BCUT2D eigenvalue weighted by Crippen LogP contribution is -2.41. The van der Waals surface area contributed by atoms with Crippen molar-refractivity contribution in [3.05, 3.63) is 40.4 Å². The van der Waals surface area contributed by atoms with Crippen LogP contribution in [-0.4, -0.2) is 63.2 Å². The van der Waals surface area contributed by atoms with Crippen LogP contribution in [0.5, 0.6) is 5.75 Å². The number of nitrogens with zero attached hydrogens (tertiary/aromatic N) is 4. The van der Waals surface area contributed by atoms with E-state index in [2.05, 4.69) is 25.8 Å². The summed E-state index contributed by atoms with van der Waals surface area (Å²) >= 11 is 0.971. The van der Waals surface area contributed by atoms with E-state index in [1.165, 1.54) is 6.07 Å². The molecule has 1 atom stereocenters. The third-order valence-electron chi connectivity index (χ3n) is 5.59. The number of benzene rings is 1. The van der Waals surface area contributed by atoms with Gasteiger partial charge in [-0.1, -0.05) is 29.9 Å². The molecule has 2 aliphatic heterocycles. The fourth-order valence-corrected chi connectivity index (χ4v) is 4.84. The number of likely N-dealkylation sites (tertiary alicyclic amines) is 1. The van der Waals surface area contributed by atoms with Crippen LogP contribution in [0.4, 0.5) is 9.93 Å².